The highest BCUT2D eigenvalue weighted by Gasteiger charge is 2.11. The fourth-order valence-electron chi connectivity index (χ4n) is 3.26. The maximum Gasteiger partial charge on any atom is 0.254 e. The average Bonchev–Trinajstić information content (AvgIpc) is 3.74. The van der Waals surface area contributed by atoms with Crippen molar-refractivity contribution >= 4 is 23.0 Å². The predicted molar refractivity (Wildman–Crippen MR) is 140 cm³/mol. The van der Waals surface area contributed by atoms with Gasteiger partial charge in [-0.1, -0.05) is 24.3 Å². The fourth-order valence-corrected chi connectivity index (χ4v) is 4.16. The lowest BCUT2D eigenvalue weighted by molar-refractivity contribution is 0.0903. The third-order valence-corrected chi connectivity index (χ3v) is 6.31. The summed E-state index contributed by atoms with van der Waals surface area (Å²) in [7, 11) is 3.20. The van der Waals surface area contributed by atoms with Crippen LogP contribution in [0.5, 0.6) is 11.5 Å². The van der Waals surface area contributed by atoms with E-state index < -0.39 is 0 Å². The number of hydrogen-bond donors (Lipinski definition) is 1. The third kappa shape index (κ3) is 6.74. The first-order valence-electron chi connectivity index (χ1n) is 11.2. The quantitative estimate of drug-likeness (QED) is 0.253. The molecular formula is C28H24N2O6S. The predicted octanol–water partition coefficient (Wildman–Crippen LogP) is 5.98. The molecule has 0 radical (unpaired) electrons. The van der Waals surface area contributed by atoms with Crippen LogP contribution in [0.15, 0.2) is 101 Å². The first-order valence-corrected chi connectivity index (χ1v) is 12.0. The summed E-state index contributed by atoms with van der Waals surface area (Å²) in [4.78, 5) is 29.0. The lowest BCUT2D eigenvalue weighted by Crippen LogP contribution is -2.29. The summed E-state index contributed by atoms with van der Waals surface area (Å²) in [5.74, 6) is 0.929. The highest BCUT2D eigenvalue weighted by atomic mass is 32.1. The number of amides is 1. The molecule has 8 nitrogen and oxygen atoms in total. The fraction of sp³-hybridized carbons (Fsp3) is 0.107. The summed E-state index contributed by atoms with van der Waals surface area (Å²) in [6.45, 7) is -0.0722. The van der Waals surface area contributed by atoms with Gasteiger partial charge in [0.25, 0.3) is 5.91 Å². The number of thiazole rings is 1. The summed E-state index contributed by atoms with van der Waals surface area (Å²) >= 11 is 1.64. The Morgan fingerprint density at radius 2 is 1.59 bits per heavy atom. The number of furan rings is 2. The normalized spacial score (nSPS) is 10.2. The topological polar surface area (TPSA) is 104 Å². The van der Waals surface area contributed by atoms with E-state index in [0.29, 0.717) is 16.9 Å². The Bertz CT molecular complexity index is 1440. The summed E-state index contributed by atoms with van der Waals surface area (Å²) in [5.41, 5.74) is 3.00. The van der Waals surface area contributed by atoms with Crippen molar-refractivity contribution in [2.24, 2.45) is 0 Å². The van der Waals surface area contributed by atoms with Crippen molar-refractivity contribution in [1.82, 2.24) is 10.3 Å². The molecule has 1 N–H and O–H groups in total. The molecule has 1 amide bonds. The zero-order valence-corrected chi connectivity index (χ0v) is 21.0. The van der Waals surface area contributed by atoms with Crippen LogP contribution in [0.1, 0.15) is 20.7 Å². The van der Waals surface area contributed by atoms with Crippen LogP contribution in [-0.2, 0) is 0 Å². The van der Waals surface area contributed by atoms with Crippen LogP contribution in [0.4, 0.5) is 0 Å². The molecule has 5 rings (SSSR count). The molecule has 0 saturated heterocycles. The Morgan fingerprint density at radius 3 is 2.30 bits per heavy atom. The number of carbonyl (C=O) groups is 2. The number of methoxy groups -OCH3 is 2. The van der Waals surface area contributed by atoms with Crippen molar-refractivity contribution in [1.29, 1.82) is 0 Å². The number of nitrogens with one attached hydrogen (secondary N) is 1. The molecule has 5 aromatic rings. The SMILES string of the molecule is COc1cccc(-c2cnc(-c3ccoc3)s2)c1.COc1cccc(C(=O)CNC(=O)c2ccoc2)c1. The second kappa shape index (κ2) is 12.4. The van der Waals surface area contributed by atoms with Crippen molar-refractivity contribution in [3.05, 3.63) is 103 Å². The van der Waals surface area contributed by atoms with E-state index in [9.17, 15) is 9.59 Å². The van der Waals surface area contributed by atoms with Crippen molar-refractivity contribution in [2.45, 2.75) is 0 Å². The van der Waals surface area contributed by atoms with Crippen molar-refractivity contribution in [3.63, 3.8) is 0 Å². The van der Waals surface area contributed by atoms with Crippen LogP contribution in [0.2, 0.25) is 0 Å². The number of ketones is 1. The monoisotopic (exact) mass is 516 g/mol. The number of benzene rings is 2. The Kier molecular flexibility index (Phi) is 8.51. The van der Waals surface area contributed by atoms with Gasteiger partial charge < -0.3 is 23.6 Å². The lowest BCUT2D eigenvalue weighted by atomic mass is 10.1. The zero-order valence-electron chi connectivity index (χ0n) is 20.2. The minimum Gasteiger partial charge on any atom is -0.497 e. The summed E-state index contributed by atoms with van der Waals surface area (Å²) < 4.78 is 20.1. The maximum absolute atomic E-state index is 11.9. The molecular weight excluding hydrogens is 492 g/mol. The number of nitrogens with zero attached hydrogens (tertiary/aromatic N) is 1. The van der Waals surface area contributed by atoms with Crippen LogP contribution in [0, 0.1) is 0 Å². The molecule has 0 saturated carbocycles. The number of aromatic nitrogens is 1. The maximum atomic E-state index is 11.9. The van der Waals surface area contributed by atoms with E-state index in [2.05, 4.69) is 16.4 Å². The molecule has 3 heterocycles. The number of Topliss-reactive ketones (excluding diaryl/α,β-unsaturated/α-hetero) is 1. The van der Waals surface area contributed by atoms with Crippen molar-refractivity contribution in [2.75, 3.05) is 20.8 Å². The first kappa shape index (κ1) is 25.5. The smallest absolute Gasteiger partial charge is 0.254 e. The molecule has 2 aromatic carbocycles. The van der Waals surface area contributed by atoms with Crippen LogP contribution >= 0.6 is 11.3 Å². The largest absolute Gasteiger partial charge is 0.497 e. The Morgan fingerprint density at radius 1 is 0.865 bits per heavy atom. The van der Waals surface area contributed by atoms with E-state index in [1.54, 1.807) is 55.2 Å². The molecule has 0 aliphatic heterocycles. The van der Waals surface area contributed by atoms with Crippen LogP contribution in [0.25, 0.3) is 21.0 Å². The minimum atomic E-state index is -0.343. The average molecular weight is 517 g/mol. The third-order valence-electron chi connectivity index (χ3n) is 5.21. The number of carbonyl (C=O) groups excluding carboxylic acids is 2. The molecule has 0 atom stereocenters. The van der Waals surface area contributed by atoms with Gasteiger partial charge in [-0.3, -0.25) is 9.59 Å². The molecule has 3 aromatic heterocycles. The molecule has 188 valence electrons. The highest BCUT2D eigenvalue weighted by Crippen LogP contribution is 2.33. The van der Waals surface area contributed by atoms with E-state index in [-0.39, 0.29) is 18.2 Å². The van der Waals surface area contributed by atoms with Gasteiger partial charge in [0.1, 0.15) is 29.0 Å². The van der Waals surface area contributed by atoms with Crippen molar-refractivity contribution in [3.8, 4) is 32.5 Å². The Labute approximate surface area is 217 Å². The molecule has 0 spiro atoms. The molecule has 9 heteroatoms. The van der Waals surface area contributed by atoms with Gasteiger partial charge in [-0.05, 0) is 42.0 Å². The van der Waals surface area contributed by atoms with E-state index in [1.807, 2.05) is 30.5 Å². The number of ether oxygens (including phenoxy) is 2. The van der Waals surface area contributed by atoms with E-state index >= 15 is 0 Å². The second-order valence-electron chi connectivity index (χ2n) is 7.62. The standard InChI is InChI=1S/C14H13NO4.C14H11NO2S/c1-18-12-4-2-3-10(7-12)13(16)8-15-14(17)11-5-6-19-9-11;1-16-12-4-2-3-10(7-12)13-8-15-14(18-13)11-5-6-17-9-11/h2-7,9H,8H2,1H3,(H,15,17);2-9H,1H3. The zero-order chi connectivity index (χ0) is 26.0. The van der Waals surface area contributed by atoms with Gasteiger partial charge in [0, 0.05) is 17.3 Å². The van der Waals surface area contributed by atoms with E-state index in [4.69, 9.17) is 18.3 Å². The second-order valence-corrected chi connectivity index (χ2v) is 8.65. The van der Waals surface area contributed by atoms with Gasteiger partial charge in [-0.15, -0.1) is 11.3 Å². The van der Waals surface area contributed by atoms with Gasteiger partial charge >= 0.3 is 0 Å². The van der Waals surface area contributed by atoms with Gasteiger partial charge in [-0.25, -0.2) is 4.98 Å². The van der Waals surface area contributed by atoms with E-state index in [1.165, 1.54) is 25.7 Å². The Balaban J connectivity index is 0.000000173. The summed E-state index contributed by atoms with van der Waals surface area (Å²) in [6.07, 6.45) is 7.96. The van der Waals surface area contributed by atoms with E-state index in [0.717, 1.165) is 26.8 Å². The minimum absolute atomic E-state index is 0.0722. The molecule has 0 unspecified atom stereocenters. The lowest BCUT2D eigenvalue weighted by Gasteiger charge is -2.05. The van der Waals surface area contributed by atoms with Crippen LogP contribution in [0.3, 0.4) is 0 Å². The molecule has 0 aliphatic carbocycles. The summed E-state index contributed by atoms with van der Waals surface area (Å²) in [5, 5.41) is 3.49. The molecule has 37 heavy (non-hydrogen) atoms. The molecule has 0 bridgehead atoms. The van der Waals surface area contributed by atoms with Crippen LogP contribution in [-0.4, -0.2) is 37.4 Å². The molecule has 0 fully saturated rings. The van der Waals surface area contributed by atoms with Gasteiger partial charge in [-0.2, -0.15) is 0 Å². The Hall–Kier alpha value is -4.63. The summed E-state index contributed by atoms with van der Waals surface area (Å²) in [6, 6.07) is 18.2. The first-order chi connectivity index (χ1) is 18.1. The van der Waals surface area contributed by atoms with Gasteiger partial charge in [0.05, 0.1) is 43.7 Å². The van der Waals surface area contributed by atoms with Crippen molar-refractivity contribution < 1.29 is 27.9 Å². The number of hydrogen-bond acceptors (Lipinski definition) is 8. The number of rotatable bonds is 8. The van der Waals surface area contributed by atoms with Gasteiger partial charge in [0.2, 0.25) is 0 Å². The van der Waals surface area contributed by atoms with Crippen LogP contribution < -0.4 is 14.8 Å². The van der Waals surface area contributed by atoms with Gasteiger partial charge in [0.15, 0.2) is 5.78 Å². The molecule has 0 aliphatic rings. The highest BCUT2D eigenvalue weighted by molar-refractivity contribution is 7.18.